The van der Waals surface area contributed by atoms with Crippen molar-refractivity contribution in [2.45, 2.75) is 18.0 Å². The fraction of sp³-hybridized carbons (Fsp3) is 0.300. The third kappa shape index (κ3) is 2.71. The number of fused-ring (bicyclic) bond motifs is 2. The number of likely N-dealkylation sites (tertiary alicyclic amines) is 1. The molecule has 4 rings (SSSR count). The molecule has 28 heavy (non-hydrogen) atoms. The van der Waals surface area contributed by atoms with Crippen molar-refractivity contribution in [3.8, 4) is 5.75 Å². The zero-order chi connectivity index (χ0) is 20.1. The quantitative estimate of drug-likeness (QED) is 0.855. The molecule has 2 aliphatic heterocycles. The van der Waals surface area contributed by atoms with Gasteiger partial charge in [0.25, 0.3) is 5.91 Å². The minimum absolute atomic E-state index is 0.0179. The number of halogens is 3. The van der Waals surface area contributed by atoms with Crippen LogP contribution in [0.2, 0.25) is 0 Å². The molecule has 2 amide bonds. The van der Waals surface area contributed by atoms with E-state index in [2.05, 4.69) is 5.32 Å². The third-order valence-electron chi connectivity index (χ3n) is 5.44. The number of alkyl halides is 3. The SMILES string of the molecule is COc1ccc2c(c1)[C@]1(CCN(C(=O)c3ccccc3C(F)(F)F)C1)C(=O)N2. The molecule has 0 bridgehead atoms. The molecule has 2 aromatic carbocycles. The second-order valence-electron chi connectivity index (χ2n) is 6.97. The minimum Gasteiger partial charge on any atom is -0.497 e. The monoisotopic (exact) mass is 390 g/mol. The van der Waals surface area contributed by atoms with E-state index in [9.17, 15) is 22.8 Å². The Morgan fingerprint density at radius 2 is 1.96 bits per heavy atom. The number of amides is 2. The van der Waals surface area contributed by atoms with Crippen LogP contribution in [0.15, 0.2) is 42.5 Å². The van der Waals surface area contributed by atoms with E-state index in [0.29, 0.717) is 23.4 Å². The summed E-state index contributed by atoms with van der Waals surface area (Å²) in [5.41, 5.74) is -1.02. The van der Waals surface area contributed by atoms with Crippen LogP contribution in [0, 0.1) is 0 Å². The zero-order valence-corrected chi connectivity index (χ0v) is 15.0. The Morgan fingerprint density at radius 3 is 2.68 bits per heavy atom. The van der Waals surface area contributed by atoms with E-state index in [1.807, 2.05) is 0 Å². The van der Waals surface area contributed by atoms with E-state index in [-0.39, 0.29) is 19.0 Å². The number of rotatable bonds is 2. The first-order valence-electron chi connectivity index (χ1n) is 8.72. The van der Waals surface area contributed by atoms with Gasteiger partial charge in [0.2, 0.25) is 5.91 Å². The molecule has 2 aliphatic rings. The van der Waals surface area contributed by atoms with Crippen LogP contribution in [-0.2, 0) is 16.4 Å². The molecule has 2 heterocycles. The maximum atomic E-state index is 13.3. The van der Waals surface area contributed by atoms with Crippen molar-refractivity contribution in [1.29, 1.82) is 0 Å². The Morgan fingerprint density at radius 1 is 1.21 bits per heavy atom. The summed E-state index contributed by atoms with van der Waals surface area (Å²) < 4.78 is 45.1. The van der Waals surface area contributed by atoms with Gasteiger partial charge in [-0.3, -0.25) is 9.59 Å². The van der Waals surface area contributed by atoms with Crippen LogP contribution in [-0.4, -0.2) is 36.9 Å². The topological polar surface area (TPSA) is 58.6 Å². The molecule has 0 unspecified atom stereocenters. The van der Waals surface area contributed by atoms with Gasteiger partial charge in [-0.15, -0.1) is 0 Å². The Bertz CT molecular complexity index is 973. The molecule has 1 spiro atoms. The fourth-order valence-electron chi connectivity index (χ4n) is 3.99. The number of nitrogens with one attached hydrogen (secondary N) is 1. The highest BCUT2D eigenvalue weighted by Gasteiger charge is 2.52. The number of ether oxygens (including phenoxy) is 1. The number of carbonyl (C=O) groups excluding carboxylic acids is 2. The molecule has 8 heteroatoms. The van der Waals surface area contributed by atoms with Gasteiger partial charge in [-0.25, -0.2) is 0 Å². The first kappa shape index (κ1) is 18.3. The van der Waals surface area contributed by atoms with Crippen LogP contribution >= 0.6 is 0 Å². The van der Waals surface area contributed by atoms with E-state index >= 15 is 0 Å². The Balaban J connectivity index is 1.68. The number of hydrogen-bond acceptors (Lipinski definition) is 3. The summed E-state index contributed by atoms with van der Waals surface area (Å²) in [5, 5.41) is 2.80. The molecule has 1 atom stereocenters. The van der Waals surface area contributed by atoms with Gasteiger partial charge in [-0.2, -0.15) is 13.2 Å². The van der Waals surface area contributed by atoms with Crippen molar-refractivity contribution in [1.82, 2.24) is 4.90 Å². The van der Waals surface area contributed by atoms with Gasteiger partial charge in [-0.1, -0.05) is 12.1 Å². The summed E-state index contributed by atoms with van der Waals surface area (Å²) in [6, 6.07) is 9.89. The fourth-order valence-corrected chi connectivity index (χ4v) is 3.99. The Labute approximate surface area is 159 Å². The van der Waals surface area contributed by atoms with Gasteiger partial charge in [0.1, 0.15) is 5.75 Å². The van der Waals surface area contributed by atoms with Crippen LogP contribution in [0.5, 0.6) is 5.75 Å². The lowest BCUT2D eigenvalue weighted by atomic mass is 9.81. The van der Waals surface area contributed by atoms with Crippen LogP contribution in [0.25, 0.3) is 0 Å². The molecule has 0 aliphatic carbocycles. The number of benzene rings is 2. The zero-order valence-electron chi connectivity index (χ0n) is 15.0. The minimum atomic E-state index is -4.63. The van der Waals surface area contributed by atoms with Gasteiger partial charge >= 0.3 is 6.18 Å². The van der Waals surface area contributed by atoms with Crippen LogP contribution in [0.3, 0.4) is 0 Å². The summed E-state index contributed by atoms with van der Waals surface area (Å²) in [5.74, 6) is -0.411. The lowest BCUT2D eigenvalue weighted by molar-refractivity contribution is -0.138. The second-order valence-corrected chi connectivity index (χ2v) is 6.97. The highest BCUT2D eigenvalue weighted by atomic mass is 19.4. The van der Waals surface area contributed by atoms with E-state index < -0.39 is 28.6 Å². The number of methoxy groups -OCH3 is 1. The molecule has 2 aromatic rings. The van der Waals surface area contributed by atoms with Crippen molar-refractivity contribution in [3.63, 3.8) is 0 Å². The van der Waals surface area contributed by atoms with Crippen molar-refractivity contribution < 1.29 is 27.5 Å². The molecular formula is C20H17F3N2O3. The van der Waals surface area contributed by atoms with Crippen molar-refractivity contribution in [2.75, 3.05) is 25.5 Å². The number of carbonyl (C=O) groups is 2. The summed E-state index contributed by atoms with van der Waals surface area (Å²) in [4.78, 5) is 26.9. The standard InChI is InChI=1S/C20H17F3N2O3/c1-28-12-6-7-16-15(10-12)19(18(27)24-16)8-9-25(11-19)17(26)13-4-2-3-5-14(13)20(21,22)23/h2-7,10H,8-9,11H2,1H3,(H,24,27)/t19-/m1/s1. The molecule has 0 saturated carbocycles. The number of hydrogen-bond donors (Lipinski definition) is 1. The number of anilines is 1. The van der Waals surface area contributed by atoms with Crippen LogP contribution in [0.4, 0.5) is 18.9 Å². The van der Waals surface area contributed by atoms with Crippen molar-refractivity contribution in [2.24, 2.45) is 0 Å². The maximum absolute atomic E-state index is 13.3. The van der Waals surface area contributed by atoms with E-state index in [1.54, 1.807) is 18.2 Å². The predicted molar refractivity (Wildman–Crippen MR) is 95.3 cm³/mol. The van der Waals surface area contributed by atoms with E-state index in [4.69, 9.17) is 4.74 Å². The molecule has 1 saturated heterocycles. The smallest absolute Gasteiger partial charge is 0.417 e. The third-order valence-corrected chi connectivity index (χ3v) is 5.44. The van der Waals surface area contributed by atoms with Gasteiger partial charge in [0.15, 0.2) is 0 Å². The van der Waals surface area contributed by atoms with Crippen molar-refractivity contribution >= 4 is 17.5 Å². The average Bonchev–Trinajstić information content (AvgIpc) is 3.23. The lowest BCUT2D eigenvalue weighted by Crippen LogP contribution is -2.39. The first-order valence-corrected chi connectivity index (χ1v) is 8.72. The first-order chi connectivity index (χ1) is 13.3. The lowest BCUT2D eigenvalue weighted by Gasteiger charge is -2.23. The average molecular weight is 390 g/mol. The van der Waals surface area contributed by atoms with Crippen LogP contribution in [0.1, 0.15) is 27.9 Å². The summed E-state index contributed by atoms with van der Waals surface area (Å²) in [6.45, 7) is 0.207. The molecule has 5 nitrogen and oxygen atoms in total. The predicted octanol–water partition coefficient (Wildman–Crippen LogP) is 3.45. The summed E-state index contributed by atoms with van der Waals surface area (Å²) in [7, 11) is 1.51. The second kappa shape index (κ2) is 6.25. The normalized spacial score (nSPS) is 21.0. The Kier molecular flexibility index (Phi) is 4.10. The Hall–Kier alpha value is -3.03. The van der Waals surface area contributed by atoms with Gasteiger partial charge < -0.3 is 15.0 Å². The summed E-state index contributed by atoms with van der Waals surface area (Å²) >= 11 is 0. The van der Waals surface area contributed by atoms with Gasteiger partial charge in [0, 0.05) is 18.8 Å². The van der Waals surface area contributed by atoms with Gasteiger partial charge in [0.05, 0.1) is 23.7 Å². The summed E-state index contributed by atoms with van der Waals surface area (Å²) in [6.07, 6.45) is -4.30. The maximum Gasteiger partial charge on any atom is 0.417 e. The highest BCUT2D eigenvalue weighted by Crippen LogP contribution is 2.46. The van der Waals surface area contributed by atoms with Gasteiger partial charge in [-0.05, 0) is 42.3 Å². The largest absolute Gasteiger partial charge is 0.497 e. The molecule has 0 aromatic heterocycles. The highest BCUT2D eigenvalue weighted by molar-refractivity contribution is 6.08. The number of nitrogens with zero attached hydrogens (tertiary/aromatic N) is 1. The molecular weight excluding hydrogens is 373 g/mol. The van der Waals surface area contributed by atoms with E-state index in [0.717, 1.165) is 6.07 Å². The molecule has 1 fully saturated rings. The van der Waals surface area contributed by atoms with Crippen LogP contribution < -0.4 is 10.1 Å². The van der Waals surface area contributed by atoms with E-state index in [1.165, 1.54) is 30.2 Å². The van der Waals surface area contributed by atoms with Crippen molar-refractivity contribution in [3.05, 3.63) is 59.2 Å². The molecule has 146 valence electrons. The molecule has 1 N–H and O–H groups in total. The molecule has 0 radical (unpaired) electrons.